The van der Waals surface area contributed by atoms with Gasteiger partial charge in [0, 0.05) is 0 Å². The number of hydrogen-bond donors (Lipinski definition) is 2. The number of carbonyl (C=O) groups is 3. The molecule has 6 nitrogen and oxygen atoms in total. The molecule has 32 heavy (non-hydrogen) atoms. The highest BCUT2D eigenvalue weighted by atomic mass is 35.5. The largest absolute Gasteiger partial charge is 0.348 e. The van der Waals surface area contributed by atoms with Gasteiger partial charge in [0.15, 0.2) is 0 Å². The fourth-order valence-corrected chi connectivity index (χ4v) is 4.13. The maximum Gasteiger partial charge on any atom is 0.325 e. The van der Waals surface area contributed by atoms with Crippen LogP contribution in [0.3, 0.4) is 0 Å². The molecular formula is C24H21Cl2N3O3. The fourth-order valence-electron chi connectivity index (χ4n) is 3.83. The van der Waals surface area contributed by atoms with E-state index in [1.54, 1.807) is 19.1 Å². The van der Waals surface area contributed by atoms with E-state index in [9.17, 15) is 14.4 Å². The van der Waals surface area contributed by atoms with Crippen molar-refractivity contribution in [1.82, 2.24) is 15.5 Å². The van der Waals surface area contributed by atoms with E-state index in [1.807, 2.05) is 49.4 Å². The summed E-state index contributed by atoms with van der Waals surface area (Å²) in [5, 5.41) is 8.31. The molecule has 0 radical (unpaired) electrons. The van der Waals surface area contributed by atoms with Gasteiger partial charge in [0.1, 0.15) is 12.1 Å². The van der Waals surface area contributed by atoms with E-state index in [2.05, 4.69) is 10.6 Å². The Bertz CT molecular complexity index is 1250. The summed E-state index contributed by atoms with van der Waals surface area (Å²) < 4.78 is 0. The first-order valence-electron chi connectivity index (χ1n) is 10.1. The van der Waals surface area contributed by atoms with E-state index in [1.165, 1.54) is 6.07 Å². The summed E-state index contributed by atoms with van der Waals surface area (Å²) in [4.78, 5) is 39.1. The van der Waals surface area contributed by atoms with Crippen LogP contribution in [0.2, 0.25) is 10.0 Å². The SMILES string of the molecule is C[C@@H](NC(=O)CN1C(=O)N[C@](C)(c2ccc(Cl)c(Cl)c2)C1=O)c1ccc2ccccc2c1. The van der Waals surface area contributed by atoms with Gasteiger partial charge in [-0.25, -0.2) is 4.79 Å². The molecule has 3 aromatic rings. The van der Waals surface area contributed by atoms with Crippen LogP contribution in [-0.2, 0) is 15.1 Å². The number of halogens is 2. The number of rotatable bonds is 5. The van der Waals surface area contributed by atoms with Crippen molar-refractivity contribution < 1.29 is 14.4 Å². The van der Waals surface area contributed by atoms with Crippen molar-refractivity contribution >= 4 is 51.8 Å². The van der Waals surface area contributed by atoms with Crippen LogP contribution in [0.25, 0.3) is 10.8 Å². The molecule has 2 N–H and O–H groups in total. The Kier molecular flexibility index (Phi) is 5.84. The van der Waals surface area contributed by atoms with Gasteiger partial charge in [-0.05, 0) is 53.9 Å². The van der Waals surface area contributed by atoms with E-state index >= 15 is 0 Å². The molecule has 0 aliphatic carbocycles. The Morgan fingerprint density at radius 2 is 1.75 bits per heavy atom. The summed E-state index contributed by atoms with van der Waals surface area (Å²) in [7, 11) is 0. The molecule has 4 rings (SSSR count). The Balaban J connectivity index is 1.47. The average molecular weight is 470 g/mol. The topological polar surface area (TPSA) is 78.5 Å². The molecule has 0 unspecified atom stereocenters. The molecule has 0 aromatic heterocycles. The van der Waals surface area contributed by atoms with Crippen LogP contribution in [0.1, 0.15) is 31.0 Å². The van der Waals surface area contributed by atoms with Gasteiger partial charge >= 0.3 is 6.03 Å². The third kappa shape index (κ3) is 4.04. The number of hydrogen-bond acceptors (Lipinski definition) is 3. The number of carbonyl (C=O) groups excluding carboxylic acids is 3. The molecule has 1 saturated heterocycles. The summed E-state index contributed by atoms with van der Waals surface area (Å²) in [5.41, 5.74) is 0.0721. The van der Waals surface area contributed by atoms with Crippen LogP contribution in [0.4, 0.5) is 4.79 Å². The van der Waals surface area contributed by atoms with Gasteiger partial charge in [-0.15, -0.1) is 0 Å². The van der Waals surface area contributed by atoms with Crippen LogP contribution < -0.4 is 10.6 Å². The first kappa shape index (κ1) is 22.1. The Morgan fingerprint density at radius 3 is 2.47 bits per heavy atom. The quantitative estimate of drug-likeness (QED) is 0.527. The molecule has 0 spiro atoms. The van der Waals surface area contributed by atoms with Gasteiger partial charge in [-0.3, -0.25) is 14.5 Å². The molecule has 0 saturated carbocycles. The molecule has 1 aliphatic heterocycles. The molecule has 8 heteroatoms. The highest BCUT2D eigenvalue weighted by molar-refractivity contribution is 6.42. The van der Waals surface area contributed by atoms with E-state index in [0.717, 1.165) is 21.2 Å². The van der Waals surface area contributed by atoms with E-state index in [-0.39, 0.29) is 17.6 Å². The van der Waals surface area contributed by atoms with Crippen molar-refractivity contribution in [2.75, 3.05) is 6.54 Å². The zero-order chi connectivity index (χ0) is 23.0. The van der Waals surface area contributed by atoms with Crippen LogP contribution >= 0.6 is 23.2 Å². The predicted octanol–water partition coefficient (Wildman–Crippen LogP) is 4.79. The summed E-state index contributed by atoms with van der Waals surface area (Å²) in [6.45, 7) is 3.04. The van der Waals surface area contributed by atoms with Crippen molar-refractivity contribution in [3.8, 4) is 0 Å². The monoisotopic (exact) mass is 469 g/mol. The minimum absolute atomic E-state index is 0.271. The lowest BCUT2D eigenvalue weighted by Gasteiger charge is -2.23. The molecule has 3 aromatic carbocycles. The molecular weight excluding hydrogens is 449 g/mol. The smallest absolute Gasteiger partial charge is 0.325 e. The zero-order valence-corrected chi connectivity index (χ0v) is 19.0. The van der Waals surface area contributed by atoms with E-state index in [0.29, 0.717) is 10.6 Å². The molecule has 2 atom stereocenters. The molecule has 4 amide bonds. The maximum absolute atomic E-state index is 13.1. The minimum Gasteiger partial charge on any atom is -0.348 e. The maximum atomic E-state index is 13.1. The highest BCUT2D eigenvalue weighted by Crippen LogP contribution is 2.33. The van der Waals surface area contributed by atoms with Gasteiger partial charge in [0.25, 0.3) is 5.91 Å². The van der Waals surface area contributed by atoms with Crippen molar-refractivity contribution in [2.24, 2.45) is 0 Å². The number of nitrogens with one attached hydrogen (secondary N) is 2. The number of benzene rings is 3. The van der Waals surface area contributed by atoms with Crippen LogP contribution in [0.15, 0.2) is 60.7 Å². The van der Waals surface area contributed by atoms with Gasteiger partial charge in [0.05, 0.1) is 16.1 Å². The fraction of sp³-hybridized carbons (Fsp3) is 0.208. The van der Waals surface area contributed by atoms with Gasteiger partial charge in [-0.2, -0.15) is 0 Å². The van der Waals surface area contributed by atoms with Crippen molar-refractivity contribution in [1.29, 1.82) is 0 Å². The van der Waals surface area contributed by atoms with Crippen molar-refractivity contribution in [3.05, 3.63) is 81.8 Å². The molecule has 0 bridgehead atoms. The van der Waals surface area contributed by atoms with Gasteiger partial charge in [-0.1, -0.05) is 65.7 Å². The van der Waals surface area contributed by atoms with Crippen LogP contribution in [0.5, 0.6) is 0 Å². The summed E-state index contributed by atoms with van der Waals surface area (Å²) in [6.07, 6.45) is 0. The molecule has 1 fully saturated rings. The number of imide groups is 1. The van der Waals surface area contributed by atoms with Crippen LogP contribution in [0, 0.1) is 0 Å². The highest BCUT2D eigenvalue weighted by Gasteiger charge is 2.49. The third-order valence-corrected chi connectivity index (χ3v) is 6.46. The third-order valence-electron chi connectivity index (χ3n) is 5.72. The van der Waals surface area contributed by atoms with Crippen molar-refractivity contribution in [2.45, 2.75) is 25.4 Å². The second-order valence-electron chi connectivity index (χ2n) is 7.97. The number of amides is 4. The van der Waals surface area contributed by atoms with E-state index < -0.39 is 23.4 Å². The lowest BCUT2D eigenvalue weighted by molar-refractivity contribution is -0.135. The number of urea groups is 1. The lowest BCUT2D eigenvalue weighted by atomic mass is 9.92. The summed E-state index contributed by atoms with van der Waals surface area (Å²) in [6, 6.07) is 17.7. The summed E-state index contributed by atoms with van der Waals surface area (Å²) >= 11 is 12.0. The Morgan fingerprint density at radius 1 is 1.03 bits per heavy atom. The Labute approximate surface area is 195 Å². The average Bonchev–Trinajstić information content (AvgIpc) is 2.99. The van der Waals surface area contributed by atoms with Crippen molar-refractivity contribution in [3.63, 3.8) is 0 Å². The standard InChI is InChI=1S/C24H21Cl2N3O3/c1-14(16-8-7-15-5-3-4-6-17(15)11-16)27-21(30)13-29-22(31)24(2,28-23(29)32)18-9-10-19(25)20(26)12-18/h3-12,14H,13H2,1-2H3,(H,27,30)(H,28,32)/t14-,24-/m1/s1. The molecule has 1 aliphatic rings. The number of fused-ring (bicyclic) bond motifs is 1. The zero-order valence-electron chi connectivity index (χ0n) is 17.5. The van der Waals surface area contributed by atoms with Crippen LogP contribution in [-0.4, -0.2) is 29.3 Å². The normalized spacial score (nSPS) is 19.2. The molecule has 1 heterocycles. The predicted molar refractivity (Wildman–Crippen MR) is 125 cm³/mol. The van der Waals surface area contributed by atoms with Gasteiger partial charge < -0.3 is 10.6 Å². The second kappa shape index (κ2) is 8.45. The lowest BCUT2D eigenvalue weighted by Crippen LogP contribution is -2.43. The second-order valence-corrected chi connectivity index (χ2v) is 8.79. The minimum atomic E-state index is -1.34. The Hall–Kier alpha value is -3.09. The summed E-state index contributed by atoms with van der Waals surface area (Å²) in [5.74, 6) is -0.970. The first-order chi connectivity index (χ1) is 15.2. The number of nitrogens with zero attached hydrogens (tertiary/aromatic N) is 1. The van der Waals surface area contributed by atoms with Gasteiger partial charge in [0.2, 0.25) is 5.91 Å². The first-order valence-corrected chi connectivity index (χ1v) is 10.8. The van der Waals surface area contributed by atoms with E-state index in [4.69, 9.17) is 23.2 Å². The molecule has 164 valence electrons.